The number of rotatable bonds is 6. The molecule has 1 saturated heterocycles. The number of hydrogen-bond donors (Lipinski definition) is 1. The van der Waals surface area contributed by atoms with E-state index >= 15 is 0 Å². The van der Waals surface area contributed by atoms with Gasteiger partial charge in [0.15, 0.2) is 0 Å². The van der Waals surface area contributed by atoms with Crippen LogP contribution >= 0.6 is 0 Å². The average molecular weight is 456 g/mol. The Morgan fingerprint density at radius 2 is 1.74 bits per heavy atom. The van der Waals surface area contributed by atoms with Crippen molar-refractivity contribution in [3.8, 4) is 5.75 Å². The van der Waals surface area contributed by atoms with Gasteiger partial charge in [0.25, 0.3) is 0 Å². The number of aryl methyl sites for hydroxylation is 1. The zero-order valence-corrected chi connectivity index (χ0v) is 17.8. The van der Waals surface area contributed by atoms with E-state index in [1.807, 2.05) is 6.92 Å². The van der Waals surface area contributed by atoms with Gasteiger partial charge in [-0.3, -0.25) is 4.79 Å². The molecule has 1 heterocycles. The van der Waals surface area contributed by atoms with Crippen LogP contribution in [-0.2, 0) is 14.8 Å². The fourth-order valence-electron chi connectivity index (χ4n) is 3.49. The predicted molar refractivity (Wildman–Crippen MR) is 108 cm³/mol. The summed E-state index contributed by atoms with van der Waals surface area (Å²) in [6.07, 6.45) is -3.83. The van der Waals surface area contributed by atoms with Gasteiger partial charge in [0.2, 0.25) is 15.9 Å². The number of sulfonamides is 1. The van der Waals surface area contributed by atoms with E-state index < -0.39 is 34.4 Å². The van der Waals surface area contributed by atoms with E-state index in [0.717, 1.165) is 17.7 Å². The Labute approximate surface area is 179 Å². The van der Waals surface area contributed by atoms with E-state index in [2.05, 4.69) is 10.1 Å². The third-order valence-electron chi connectivity index (χ3n) is 5.11. The van der Waals surface area contributed by atoms with Gasteiger partial charge in [0.1, 0.15) is 11.8 Å². The topological polar surface area (TPSA) is 75.7 Å². The first-order valence-electron chi connectivity index (χ1n) is 9.72. The number of carbonyl (C=O) groups excluding carboxylic acids is 1. The van der Waals surface area contributed by atoms with Gasteiger partial charge in [0, 0.05) is 6.54 Å². The fourth-order valence-corrected chi connectivity index (χ4v) is 5.14. The minimum atomic E-state index is -4.78. The molecular weight excluding hydrogens is 433 g/mol. The molecular formula is C21H23F3N2O4S. The normalized spacial score (nSPS) is 18.5. The smallest absolute Gasteiger partial charge is 0.406 e. The Kier molecular flexibility index (Phi) is 6.61. The summed E-state index contributed by atoms with van der Waals surface area (Å²) in [7, 11) is -3.82. The molecule has 1 amide bonds. The number of nitrogens with one attached hydrogen (secondary N) is 1. The number of nitrogens with zero attached hydrogens (tertiary/aromatic N) is 1. The molecule has 6 nitrogen and oxygen atoms in total. The van der Waals surface area contributed by atoms with Gasteiger partial charge >= 0.3 is 6.36 Å². The lowest BCUT2D eigenvalue weighted by atomic mass is 10.1. The lowest BCUT2D eigenvalue weighted by Gasteiger charge is -2.25. The summed E-state index contributed by atoms with van der Waals surface area (Å²) in [5, 5.41) is 2.76. The van der Waals surface area contributed by atoms with Crippen LogP contribution in [0.5, 0.6) is 5.75 Å². The van der Waals surface area contributed by atoms with Crippen molar-refractivity contribution in [1.82, 2.24) is 9.62 Å². The lowest BCUT2D eigenvalue weighted by molar-refractivity contribution is -0.274. The number of alkyl halides is 3. The molecule has 168 valence electrons. The highest BCUT2D eigenvalue weighted by Gasteiger charge is 2.39. The SMILES string of the molecule is Cc1ccc(S(=O)(=O)N2CCC[C@H]2C(=O)NC(C)c2ccc(OC(F)(F)F)cc2)cc1. The van der Waals surface area contributed by atoms with Gasteiger partial charge in [-0.1, -0.05) is 29.8 Å². The highest BCUT2D eigenvalue weighted by Crippen LogP contribution is 2.28. The van der Waals surface area contributed by atoms with Gasteiger partial charge in [0.05, 0.1) is 10.9 Å². The monoisotopic (exact) mass is 456 g/mol. The fraction of sp³-hybridized carbons (Fsp3) is 0.381. The summed E-state index contributed by atoms with van der Waals surface area (Å²) in [5.74, 6) is -0.808. The van der Waals surface area contributed by atoms with Crippen molar-refractivity contribution in [3.63, 3.8) is 0 Å². The molecule has 3 rings (SSSR count). The quantitative estimate of drug-likeness (QED) is 0.715. The van der Waals surface area contributed by atoms with Gasteiger partial charge < -0.3 is 10.1 Å². The van der Waals surface area contributed by atoms with Crippen LogP contribution in [0.25, 0.3) is 0 Å². The van der Waals surface area contributed by atoms with Crippen molar-refractivity contribution in [2.75, 3.05) is 6.54 Å². The van der Waals surface area contributed by atoms with Crippen LogP contribution in [-0.4, -0.2) is 37.6 Å². The van der Waals surface area contributed by atoms with Crippen LogP contribution in [0.15, 0.2) is 53.4 Å². The Hall–Kier alpha value is -2.59. The summed E-state index contributed by atoms with van der Waals surface area (Å²) in [6.45, 7) is 3.77. The van der Waals surface area contributed by atoms with Crippen molar-refractivity contribution < 1.29 is 31.1 Å². The Bertz CT molecular complexity index is 1020. The number of carbonyl (C=O) groups is 1. The summed E-state index contributed by atoms with van der Waals surface area (Å²) in [6, 6.07) is 10.2. The zero-order chi connectivity index (χ0) is 22.8. The zero-order valence-electron chi connectivity index (χ0n) is 17.0. The molecule has 1 unspecified atom stereocenters. The molecule has 2 aromatic carbocycles. The van der Waals surface area contributed by atoms with Crippen molar-refractivity contribution in [1.29, 1.82) is 0 Å². The van der Waals surface area contributed by atoms with E-state index in [-0.39, 0.29) is 17.2 Å². The molecule has 0 saturated carbocycles. The first-order chi connectivity index (χ1) is 14.5. The van der Waals surface area contributed by atoms with Crippen molar-refractivity contribution in [3.05, 3.63) is 59.7 Å². The third-order valence-corrected chi connectivity index (χ3v) is 7.03. The highest BCUT2D eigenvalue weighted by molar-refractivity contribution is 7.89. The van der Waals surface area contributed by atoms with Crippen molar-refractivity contribution >= 4 is 15.9 Å². The first-order valence-corrected chi connectivity index (χ1v) is 11.2. The maximum absolute atomic E-state index is 13.0. The minimum absolute atomic E-state index is 0.131. The third kappa shape index (κ3) is 5.56. The molecule has 0 aromatic heterocycles. The number of benzene rings is 2. The first kappa shape index (κ1) is 23.1. The number of ether oxygens (including phenoxy) is 1. The number of halogens is 3. The van der Waals surface area contributed by atoms with Crippen LogP contribution in [0.3, 0.4) is 0 Å². The van der Waals surface area contributed by atoms with Crippen LogP contribution in [0.1, 0.15) is 36.9 Å². The van der Waals surface area contributed by atoms with Crippen LogP contribution in [0.2, 0.25) is 0 Å². The summed E-state index contributed by atoms with van der Waals surface area (Å²) in [5.41, 5.74) is 1.49. The molecule has 0 spiro atoms. The molecule has 0 radical (unpaired) electrons. The lowest BCUT2D eigenvalue weighted by Crippen LogP contribution is -2.46. The Morgan fingerprint density at radius 3 is 2.32 bits per heavy atom. The van der Waals surface area contributed by atoms with Crippen LogP contribution < -0.4 is 10.1 Å². The minimum Gasteiger partial charge on any atom is -0.406 e. The maximum atomic E-state index is 13.0. The summed E-state index contributed by atoms with van der Waals surface area (Å²) >= 11 is 0. The standard InChI is InChI=1S/C21H23F3N2O4S/c1-14-5-11-18(12-6-14)31(28,29)26-13-3-4-19(26)20(27)25-15(2)16-7-9-17(10-8-16)30-21(22,23)24/h5-12,15,19H,3-4,13H2,1-2H3,(H,25,27)/t15?,19-/m0/s1. The van der Waals surface area contributed by atoms with Gasteiger partial charge in [-0.15, -0.1) is 13.2 Å². The van der Waals surface area contributed by atoms with Gasteiger partial charge in [-0.2, -0.15) is 4.31 Å². The summed E-state index contributed by atoms with van der Waals surface area (Å²) < 4.78 is 67.9. The van der Waals surface area contributed by atoms with E-state index in [4.69, 9.17) is 0 Å². The molecule has 0 aliphatic carbocycles. The molecule has 31 heavy (non-hydrogen) atoms. The maximum Gasteiger partial charge on any atom is 0.573 e. The molecule has 1 fully saturated rings. The van der Waals surface area contributed by atoms with Crippen molar-refractivity contribution in [2.45, 2.75) is 50.0 Å². The molecule has 1 aliphatic rings. The summed E-state index contributed by atoms with van der Waals surface area (Å²) in [4.78, 5) is 13.0. The predicted octanol–water partition coefficient (Wildman–Crippen LogP) is 3.92. The largest absolute Gasteiger partial charge is 0.573 e. The van der Waals surface area contributed by atoms with E-state index in [0.29, 0.717) is 18.4 Å². The second kappa shape index (κ2) is 8.88. The molecule has 2 aromatic rings. The van der Waals surface area contributed by atoms with Gasteiger partial charge in [-0.05, 0) is 56.5 Å². The molecule has 1 N–H and O–H groups in total. The van der Waals surface area contributed by atoms with E-state index in [1.165, 1.54) is 28.6 Å². The number of hydrogen-bond acceptors (Lipinski definition) is 4. The second-order valence-corrected chi connectivity index (χ2v) is 9.32. The molecule has 0 bridgehead atoms. The van der Waals surface area contributed by atoms with E-state index in [9.17, 15) is 26.4 Å². The Morgan fingerprint density at radius 1 is 1.13 bits per heavy atom. The molecule has 1 aliphatic heterocycles. The van der Waals surface area contributed by atoms with Crippen LogP contribution in [0.4, 0.5) is 13.2 Å². The average Bonchev–Trinajstić information content (AvgIpc) is 3.18. The van der Waals surface area contributed by atoms with Crippen molar-refractivity contribution in [2.24, 2.45) is 0 Å². The van der Waals surface area contributed by atoms with Gasteiger partial charge in [-0.25, -0.2) is 8.42 Å². The number of amides is 1. The second-order valence-electron chi connectivity index (χ2n) is 7.43. The van der Waals surface area contributed by atoms with E-state index in [1.54, 1.807) is 19.1 Å². The van der Waals surface area contributed by atoms with Crippen LogP contribution in [0, 0.1) is 6.92 Å². The Balaban J connectivity index is 1.69. The highest BCUT2D eigenvalue weighted by atomic mass is 32.2. The molecule has 2 atom stereocenters. The molecule has 10 heteroatoms.